The van der Waals surface area contributed by atoms with E-state index >= 15 is 0 Å². The molecule has 0 bridgehead atoms. The normalized spacial score (nSPS) is 27.3. The van der Waals surface area contributed by atoms with Crippen LogP contribution < -0.4 is 5.32 Å². The Hall–Kier alpha value is -0.800. The van der Waals surface area contributed by atoms with Gasteiger partial charge in [-0.15, -0.1) is 0 Å². The molecule has 2 rings (SSSR count). The molecule has 3 nitrogen and oxygen atoms in total. The van der Waals surface area contributed by atoms with E-state index in [4.69, 9.17) is 4.42 Å². The van der Waals surface area contributed by atoms with E-state index in [0.29, 0.717) is 12.1 Å². The van der Waals surface area contributed by atoms with Gasteiger partial charge in [0.05, 0.1) is 12.8 Å². The van der Waals surface area contributed by atoms with Gasteiger partial charge in [0, 0.05) is 25.2 Å². The van der Waals surface area contributed by atoms with Gasteiger partial charge in [0.25, 0.3) is 0 Å². The SMILES string of the molecule is CCC(C)C1CN(Cc2ccco2)C(CC)CN1. The Morgan fingerprint density at radius 1 is 1.50 bits per heavy atom. The molecule has 0 spiro atoms. The molecule has 1 N–H and O–H groups in total. The van der Waals surface area contributed by atoms with Gasteiger partial charge in [0.2, 0.25) is 0 Å². The van der Waals surface area contributed by atoms with Crippen molar-refractivity contribution in [2.75, 3.05) is 13.1 Å². The maximum atomic E-state index is 5.49. The quantitative estimate of drug-likeness (QED) is 0.871. The minimum absolute atomic E-state index is 0.618. The predicted octanol–water partition coefficient (Wildman–Crippen LogP) is 2.88. The van der Waals surface area contributed by atoms with Crippen molar-refractivity contribution in [3.8, 4) is 0 Å². The van der Waals surface area contributed by atoms with Crippen LogP contribution in [0.3, 0.4) is 0 Å². The van der Waals surface area contributed by atoms with Crippen molar-refractivity contribution in [2.45, 2.75) is 52.2 Å². The van der Waals surface area contributed by atoms with Crippen LogP contribution in [0.5, 0.6) is 0 Å². The summed E-state index contributed by atoms with van der Waals surface area (Å²) in [6.07, 6.45) is 4.20. The largest absolute Gasteiger partial charge is 0.468 e. The molecule has 18 heavy (non-hydrogen) atoms. The smallest absolute Gasteiger partial charge is 0.117 e. The third kappa shape index (κ3) is 3.15. The van der Waals surface area contributed by atoms with E-state index in [0.717, 1.165) is 31.3 Å². The molecule has 0 aromatic carbocycles. The van der Waals surface area contributed by atoms with Gasteiger partial charge < -0.3 is 9.73 Å². The summed E-state index contributed by atoms with van der Waals surface area (Å²) in [6, 6.07) is 5.31. The lowest BCUT2D eigenvalue weighted by molar-refractivity contribution is 0.0924. The summed E-state index contributed by atoms with van der Waals surface area (Å²) in [5.74, 6) is 1.82. The third-order valence-electron chi connectivity index (χ3n) is 4.30. The first kappa shape index (κ1) is 13.6. The summed E-state index contributed by atoms with van der Waals surface area (Å²) in [6.45, 7) is 10.1. The van der Waals surface area contributed by atoms with Crippen LogP contribution in [0, 0.1) is 5.92 Å². The molecule has 3 atom stereocenters. The minimum atomic E-state index is 0.618. The van der Waals surface area contributed by atoms with Crippen LogP contribution in [0.2, 0.25) is 0 Å². The molecular formula is C15H26N2O. The molecule has 3 unspecified atom stereocenters. The summed E-state index contributed by atoms with van der Waals surface area (Å²) in [4.78, 5) is 2.58. The molecule has 3 heteroatoms. The lowest BCUT2D eigenvalue weighted by atomic mass is 9.95. The second-order valence-electron chi connectivity index (χ2n) is 5.47. The van der Waals surface area contributed by atoms with Gasteiger partial charge in [0.15, 0.2) is 0 Å². The van der Waals surface area contributed by atoms with Gasteiger partial charge in [-0.1, -0.05) is 27.2 Å². The lowest BCUT2D eigenvalue weighted by Gasteiger charge is -2.41. The molecular weight excluding hydrogens is 224 g/mol. The van der Waals surface area contributed by atoms with Crippen LogP contribution in [-0.4, -0.2) is 30.1 Å². The molecule has 0 amide bonds. The van der Waals surface area contributed by atoms with Crippen LogP contribution in [0.15, 0.2) is 22.8 Å². The first-order valence-electron chi connectivity index (χ1n) is 7.24. The number of piperazine rings is 1. The zero-order valence-electron chi connectivity index (χ0n) is 11.9. The van der Waals surface area contributed by atoms with Crippen LogP contribution in [0.4, 0.5) is 0 Å². The number of furan rings is 1. The van der Waals surface area contributed by atoms with Crippen molar-refractivity contribution >= 4 is 0 Å². The maximum absolute atomic E-state index is 5.49. The molecule has 1 aromatic rings. The number of hydrogen-bond acceptors (Lipinski definition) is 3. The highest BCUT2D eigenvalue weighted by molar-refractivity contribution is 5.00. The number of nitrogens with zero attached hydrogens (tertiary/aromatic N) is 1. The Balaban J connectivity index is 1.99. The van der Waals surface area contributed by atoms with Crippen LogP contribution >= 0.6 is 0 Å². The van der Waals surface area contributed by atoms with Crippen molar-refractivity contribution in [3.05, 3.63) is 24.2 Å². The summed E-state index contributed by atoms with van der Waals surface area (Å²) in [7, 11) is 0. The first-order valence-corrected chi connectivity index (χ1v) is 7.24. The number of hydrogen-bond donors (Lipinski definition) is 1. The zero-order chi connectivity index (χ0) is 13.0. The molecule has 1 aliphatic rings. The fourth-order valence-corrected chi connectivity index (χ4v) is 2.75. The molecule has 0 saturated carbocycles. The van der Waals surface area contributed by atoms with E-state index < -0.39 is 0 Å². The highest BCUT2D eigenvalue weighted by Crippen LogP contribution is 2.19. The topological polar surface area (TPSA) is 28.4 Å². The zero-order valence-corrected chi connectivity index (χ0v) is 11.9. The highest BCUT2D eigenvalue weighted by Gasteiger charge is 2.29. The van der Waals surface area contributed by atoms with Gasteiger partial charge in [-0.3, -0.25) is 4.90 Å². The van der Waals surface area contributed by atoms with Crippen molar-refractivity contribution < 1.29 is 4.42 Å². The van der Waals surface area contributed by atoms with E-state index in [1.165, 1.54) is 12.8 Å². The molecule has 1 fully saturated rings. The lowest BCUT2D eigenvalue weighted by Crippen LogP contribution is -2.57. The Bertz CT molecular complexity index is 336. The Morgan fingerprint density at radius 2 is 2.33 bits per heavy atom. The second kappa shape index (κ2) is 6.39. The van der Waals surface area contributed by atoms with E-state index in [2.05, 4.69) is 37.1 Å². The third-order valence-corrected chi connectivity index (χ3v) is 4.30. The average molecular weight is 250 g/mol. The second-order valence-corrected chi connectivity index (χ2v) is 5.47. The van der Waals surface area contributed by atoms with Crippen molar-refractivity contribution in [3.63, 3.8) is 0 Å². The number of nitrogens with one attached hydrogen (secondary N) is 1. The van der Waals surface area contributed by atoms with Gasteiger partial charge in [-0.05, 0) is 24.5 Å². The Labute approximate surface area is 111 Å². The van der Waals surface area contributed by atoms with Crippen molar-refractivity contribution in [2.24, 2.45) is 5.92 Å². The maximum Gasteiger partial charge on any atom is 0.117 e. The van der Waals surface area contributed by atoms with E-state index in [9.17, 15) is 0 Å². The molecule has 0 aliphatic carbocycles. The molecule has 0 radical (unpaired) electrons. The van der Waals surface area contributed by atoms with Crippen molar-refractivity contribution in [1.82, 2.24) is 10.2 Å². The highest BCUT2D eigenvalue weighted by atomic mass is 16.3. The monoisotopic (exact) mass is 250 g/mol. The Morgan fingerprint density at radius 3 is 2.94 bits per heavy atom. The van der Waals surface area contributed by atoms with E-state index in [-0.39, 0.29) is 0 Å². The van der Waals surface area contributed by atoms with Gasteiger partial charge >= 0.3 is 0 Å². The van der Waals surface area contributed by atoms with E-state index in [1.54, 1.807) is 6.26 Å². The van der Waals surface area contributed by atoms with Gasteiger partial charge in [-0.2, -0.15) is 0 Å². The first-order chi connectivity index (χ1) is 8.74. The van der Waals surface area contributed by atoms with Crippen LogP contribution in [-0.2, 0) is 6.54 Å². The van der Waals surface area contributed by atoms with Gasteiger partial charge in [0.1, 0.15) is 5.76 Å². The van der Waals surface area contributed by atoms with Crippen LogP contribution in [0.1, 0.15) is 39.4 Å². The predicted molar refractivity (Wildman–Crippen MR) is 74.4 cm³/mol. The molecule has 102 valence electrons. The fourth-order valence-electron chi connectivity index (χ4n) is 2.75. The molecule has 1 aromatic heterocycles. The van der Waals surface area contributed by atoms with Crippen molar-refractivity contribution in [1.29, 1.82) is 0 Å². The minimum Gasteiger partial charge on any atom is -0.468 e. The summed E-state index contributed by atoms with van der Waals surface area (Å²) >= 11 is 0. The molecule has 2 heterocycles. The number of rotatable bonds is 5. The molecule has 1 saturated heterocycles. The summed E-state index contributed by atoms with van der Waals surface area (Å²) in [5, 5.41) is 3.71. The fraction of sp³-hybridized carbons (Fsp3) is 0.733. The standard InChI is InChI=1S/C15H26N2O/c1-4-12(3)15-11-17(13(5-2)9-16-15)10-14-7-6-8-18-14/h6-8,12-13,15-16H,4-5,9-11H2,1-3H3. The van der Waals surface area contributed by atoms with Crippen LogP contribution in [0.25, 0.3) is 0 Å². The van der Waals surface area contributed by atoms with E-state index in [1.807, 2.05) is 6.07 Å². The summed E-state index contributed by atoms with van der Waals surface area (Å²) < 4.78 is 5.49. The summed E-state index contributed by atoms with van der Waals surface area (Å²) in [5.41, 5.74) is 0. The van der Waals surface area contributed by atoms with Gasteiger partial charge in [-0.25, -0.2) is 0 Å². The molecule has 1 aliphatic heterocycles. The average Bonchev–Trinajstić information content (AvgIpc) is 2.90. The Kier molecular flexibility index (Phi) is 4.84.